The molecule has 0 saturated carbocycles. The van der Waals surface area contributed by atoms with Crippen molar-refractivity contribution in [3.8, 4) is 5.75 Å². The third-order valence-electron chi connectivity index (χ3n) is 5.63. The van der Waals surface area contributed by atoms with Gasteiger partial charge in [0.25, 0.3) is 0 Å². The van der Waals surface area contributed by atoms with Crippen molar-refractivity contribution in [2.45, 2.75) is 12.6 Å². The van der Waals surface area contributed by atoms with Crippen LogP contribution in [0.4, 0.5) is 10.1 Å². The van der Waals surface area contributed by atoms with Gasteiger partial charge in [-0.3, -0.25) is 14.5 Å². The molecule has 0 saturated heterocycles. The molecular weight excluding hydrogens is 465 g/mol. The third kappa shape index (κ3) is 5.18. The summed E-state index contributed by atoms with van der Waals surface area (Å²) in [7, 11) is 2.97. The number of ether oxygens (including phenoxy) is 2. The summed E-state index contributed by atoms with van der Waals surface area (Å²) >= 11 is 0. The van der Waals surface area contributed by atoms with E-state index in [1.54, 1.807) is 42.5 Å². The number of fused-ring (bicyclic) bond motifs is 1. The van der Waals surface area contributed by atoms with E-state index in [0.717, 1.165) is 0 Å². The van der Waals surface area contributed by atoms with Crippen LogP contribution in [0.3, 0.4) is 0 Å². The number of carbonyl (C=O) groups excluding carboxylic acids is 2. The largest absolute Gasteiger partial charge is 0.495 e. The number of amides is 2. The summed E-state index contributed by atoms with van der Waals surface area (Å²) in [6.07, 6.45) is 0. The number of rotatable bonds is 10. The molecule has 0 unspecified atom stereocenters. The van der Waals surface area contributed by atoms with E-state index in [4.69, 9.17) is 9.47 Å². The molecule has 4 rings (SSSR count). The number of hydrogen-bond donors (Lipinski definition) is 1. The number of methoxy groups -OCH3 is 2. The normalized spacial score (nSPS) is 11.8. The number of para-hydroxylation sites is 3. The van der Waals surface area contributed by atoms with Gasteiger partial charge in [0, 0.05) is 19.2 Å². The molecule has 9 nitrogen and oxygen atoms in total. The highest BCUT2D eigenvalue weighted by molar-refractivity contribution is 6.02. The minimum atomic E-state index is -1.33. The van der Waals surface area contributed by atoms with Crippen LogP contribution in [0.15, 0.2) is 72.8 Å². The lowest BCUT2D eigenvalue weighted by Crippen LogP contribution is -2.46. The number of nitrogens with zero attached hydrogens (tertiary/aromatic N) is 4. The Balaban J connectivity index is 1.83. The molecule has 0 spiro atoms. The average Bonchev–Trinajstić information content (AvgIpc) is 3.30. The Labute approximate surface area is 207 Å². The SMILES string of the molecule is COCCNC(=O)[C@@H](c1ccccc1F)N(C(=O)Cn1nnc2ccccc21)c1ccccc1OC. The Morgan fingerprint density at radius 1 is 1.03 bits per heavy atom. The fraction of sp³-hybridized carbons (Fsp3) is 0.231. The zero-order valence-electron chi connectivity index (χ0n) is 19.9. The van der Waals surface area contributed by atoms with Crippen LogP contribution >= 0.6 is 0 Å². The summed E-state index contributed by atoms with van der Waals surface area (Å²) in [6.45, 7) is 0.195. The monoisotopic (exact) mass is 491 g/mol. The molecule has 1 N–H and O–H groups in total. The first-order valence-corrected chi connectivity index (χ1v) is 11.3. The molecule has 0 aliphatic carbocycles. The molecular formula is C26H26FN5O4. The van der Waals surface area contributed by atoms with Gasteiger partial charge in [-0.05, 0) is 30.3 Å². The lowest BCUT2D eigenvalue weighted by atomic mass is 10.0. The molecule has 1 aromatic heterocycles. The van der Waals surface area contributed by atoms with Gasteiger partial charge in [-0.1, -0.05) is 47.7 Å². The first kappa shape index (κ1) is 24.8. The highest BCUT2D eigenvalue weighted by Crippen LogP contribution is 2.36. The lowest BCUT2D eigenvalue weighted by Gasteiger charge is -2.32. The number of benzene rings is 3. The summed E-state index contributed by atoms with van der Waals surface area (Å²) in [5.74, 6) is -1.35. The van der Waals surface area contributed by atoms with E-state index in [1.165, 1.54) is 42.0 Å². The van der Waals surface area contributed by atoms with Crippen LogP contribution < -0.4 is 15.0 Å². The van der Waals surface area contributed by atoms with Crippen LogP contribution in [0.25, 0.3) is 11.0 Å². The van der Waals surface area contributed by atoms with Crippen molar-refractivity contribution in [2.24, 2.45) is 0 Å². The van der Waals surface area contributed by atoms with E-state index in [2.05, 4.69) is 15.6 Å². The van der Waals surface area contributed by atoms with Crippen LogP contribution in [-0.4, -0.2) is 54.2 Å². The number of nitrogens with one attached hydrogen (secondary N) is 1. The summed E-state index contributed by atoms with van der Waals surface area (Å²) < 4.78 is 27.1. The zero-order chi connectivity index (χ0) is 25.5. The lowest BCUT2D eigenvalue weighted by molar-refractivity contribution is -0.127. The van der Waals surface area contributed by atoms with Crippen LogP contribution in [0, 0.1) is 5.82 Å². The van der Waals surface area contributed by atoms with Gasteiger partial charge >= 0.3 is 0 Å². The minimum Gasteiger partial charge on any atom is -0.495 e. The van der Waals surface area contributed by atoms with Crippen LogP contribution in [0.2, 0.25) is 0 Å². The van der Waals surface area contributed by atoms with Crippen molar-refractivity contribution in [1.29, 1.82) is 0 Å². The third-order valence-corrected chi connectivity index (χ3v) is 5.63. The predicted molar refractivity (Wildman–Crippen MR) is 132 cm³/mol. The molecule has 0 aliphatic rings. The number of anilines is 1. The molecule has 1 heterocycles. The molecule has 3 aromatic carbocycles. The molecule has 0 aliphatic heterocycles. The molecule has 36 heavy (non-hydrogen) atoms. The van der Waals surface area contributed by atoms with Gasteiger partial charge in [0.05, 0.1) is 24.9 Å². The first-order valence-electron chi connectivity index (χ1n) is 11.3. The number of hydrogen-bond acceptors (Lipinski definition) is 6. The summed E-state index contributed by atoms with van der Waals surface area (Å²) in [5, 5.41) is 11.0. The van der Waals surface area contributed by atoms with Crippen LogP contribution in [0.1, 0.15) is 11.6 Å². The van der Waals surface area contributed by atoms with Crippen LogP contribution in [0.5, 0.6) is 5.75 Å². The maximum Gasteiger partial charge on any atom is 0.249 e. The quantitative estimate of drug-likeness (QED) is 0.342. The first-order chi connectivity index (χ1) is 17.5. The Kier molecular flexibility index (Phi) is 7.86. The van der Waals surface area contributed by atoms with E-state index in [9.17, 15) is 9.59 Å². The molecule has 0 bridgehead atoms. The maximum atomic E-state index is 15.1. The molecule has 2 amide bonds. The molecule has 0 radical (unpaired) electrons. The van der Waals surface area contributed by atoms with Crippen molar-refractivity contribution in [1.82, 2.24) is 20.3 Å². The second-order valence-electron chi connectivity index (χ2n) is 7.88. The van der Waals surface area contributed by atoms with E-state index in [-0.39, 0.29) is 25.3 Å². The summed E-state index contributed by atoms with van der Waals surface area (Å²) in [4.78, 5) is 28.7. The van der Waals surface area contributed by atoms with Gasteiger partial charge in [0.2, 0.25) is 11.8 Å². The van der Waals surface area contributed by atoms with Gasteiger partial charge in [0.15, 0.2) is 0 Å². The second kappa shape index (κ2) is 11.4. The van der Waals surface area contributed by atoms with Gasteiger partial charge < -0.3 is 14.8 Å². The van der Waals surface area contributed by atoms with E-state index in [1.807, 2.05) is 12.1 Å². The van der Waals surface area contributed by atoms with Crippen molar-refractivity contribution < 1.29 is 23.5 Å². The predicted octanol–water partition coefficient (Wildman–Crippen LogP) is 3.12. The minimum absolute atomic E-state index is 0.0371. The smallest absolute Gasteiger partial charge is 0.249 e. The molecule has 1 atom stereocenters. The molecule has 10 heteroatoms. The van der Waals surface area contributed by atoms with Gasteiger partial charge in [-0.15, -0.1) is 5.10 Å². The number of aromatic nitrogens is 3. The fourth-order valence-corrected chi connectivity index (χ4v) is 3.95. The maximum absolute atomic E-state index is 15.1. The Hall–Kier alpha value is -4.31. The fourth-order valence-electron chi connectivity index (χ4n) is 3.95. The van der Waals surface area contributed by atoms with E-state index in [0.29, 0.717) is 22.5 Å². The van der Waals surface area contributed by atoms with Crippen LogP contribution in [-0.2, 0) is 20.9 Å². The Morgan fingerprint density at radius 3 is 2.53 bits per heavy atom. The molecule has 4 aromatic rings. The Bertz CT molecular complexity index is 1360. The van der Waals surface area contributed by atoms with E-state index >= 15 is 4.39 Å². The van der Waals surface area contributed by atoms with Crippen molar-refractivity contribution in [3.63, 3.8) is 0 Å². The van der Waals surface area contributed by atoms with Crippen molar-refractivity contribution >= 4 is 28.5 Å². The van der Waals surface area contributed by atoms with Crippen molar-refractivity contribution in [3.05, 3.63) is 84.2 Å². The van der Waals surface area contributed by atoms with Gasteiger partial charge in [0.1, 0.15) is 29.7 Å². The molecule has 186 valence electrons. The van der Waals surface area contributed by atoms with Gasteiger partial charge in [-0.2, -0.15) is 0 Å². The van der Waals surface area contributed by atoms with Gasteiger partial charge in [-0.25, -0.2) is 9.07 Å². The Morgan fingerprint density at radius 2 is 1.75 bits per heavy atom. The second-order valence-corrected chi connectivity index (χ2v) is 7.88. The highest BCUT2D eigenvalue weighted by Gasteiger charge is 2.36. The zero-order valence-corrected chi connectivity index (χ0v) is 19.9. The topological polar surface area (TPSA) is 98.6 Å². The average molecular weight is 492 g/mol. The van der Waals surface area contributed by atoms with E-state index < -0.39 is 23.7 Å². The number of halogens is 1. The molecule has 0 fully saturated rings. The summed E-state index contributed by atoms with van der Waals surface area (Å²) in [6, 6.07) is 18.5. The number of carbonyl (C=O) groups is 2. The highest BCUT2D eigenvalue weighted by atomic mass is 19.1. The summed E-state index contributed by atoms with van der Waals surface area (Å²) in [5.41, 5.74) is 1.62. The van der Waals surface area contributed by atoms with Crippen molar-refractivity contribution in [2.75, 3.05) is 32.3 Å². The standard InChI is InChI=1S/C26H26FN5O4/c1-35-16-15-28-26(34)25(18-9-3-4-10-19(18)27)32(22-13-7-8-14-23(22)36-2)24(33)17-31-21-12-6-5-11-20(21)29-30-31/h3-14,25H,15-17H2,1-2H3,(H,28,34)/t25-/m1/s1.